The van der Waals surface area contributed by atoms with Crippen molar-refractivity contribution in [3.05, 3.63) is 52.2 Å². The van der Waals surface area contributed by atoms with Crippen LogP contribution < -0.4 is 10.4 Å². The fourth-order valence-electron chi connectivity index (χ4n) is 3.04. The standard InChI is InChI=1S/C17H14F3N7O3S/c1-8-13-6-12(7-21-15(13)27(2)25-8)31(29,30)26-11-4-9(14-22-16(28)24-23-14)3-10(5-11)17(18,19)20/h3-7,26H,1-2H3,(H2,22,23,24,28). The van der Waals surface area contributed by atoms with E-state index in [1.165, 1.54) is 10.7 Å². The topological polar surface area (TPSA) is 138 Å². The summed E-state index contributed by atoms with van der Waals surface area (Å²) in [5, 5.41) is 10.3. The van der Waals surface area contributed by atoms with E-state index in [0.29, 0.717) is 22.8 Å². The molecule has 10 nitrogen and oxygen atoms in total. The highest BCUT2D eigenvalue weighted by Gasteiger charge is 2.32. The van der Waals surface area contributed by atoms with Gasteiger partial charge in [-0.05, 0) is 31.2 Å². The molecule has 0 aliphatic heterocycles. The van der Waals surface area contributed by atoms with Crippen molar-refractivity contribution in [3.63, 3.8) is 0 Å². The van der Waals surface area contributed by atoms with Crippen molar-refractivity contribution in [1.29, 1.82) is 0 Å². The molecular formula is C17H14F3N7O3S. The number of nitrogens with zero attached hydrogens (tertiary/aromatic N) is 4. The highest BCUT2D eigenvalue weighted by molar-refractivity contribution is 7.92. The lowest BCUT2D eigenvalue weighted by atomic mass is 10.1. The highest BCUT2D eigenvalue weighted by Crippen LogP contribution is 2.34. The summed E-state index contributed by atoms with van der Waals surface area (Å²) < 4.78 is 69.3. The number of hydrogen-bond donors (Lipinski definition) is 3. The fraction of sp³-hybridized carbons (Fsp3) is 0.176. The SMILES string of the molecule is Cc1nn(C)c2ncc(S(=O)(=O)Nc3cc(-c4n[nH]c(=O)[nH]4)cc(C(F)(F)F)c3)cc12. The van der Waals surface area contributed by atoms with Crippen LogP contribution in [0.3, 0.4) is 0 Å². The lowest BCUT2D eigenvalue weighted by Crippen LogP contribution is -2.15. The molecule has 4 rings (SSSR count). The molecule has 162 valence electrons. The summed E-state index contributed by atoms with van der Waals surface area (Å²) in [6.45, 7) is 1.68. The number of anilines is 1. The molecule has 3 heterocycles. The van der Waals surface area contributed by atoms with Gasteiger partial charge in [0.05, 0.1) is 16.9 Å². The van der Waals surface area contributed by atoms with E-state index in [4.69, 9.17) is 0 Å². The first-order valence-electron chi connectivity index (χ1n) is 8.63. The van der Waals surface area contributed by atoms with E-state index >= 15 is 0 Å². The average Bonchev–Trinajstić information content (AvgIpc) is 3.23. The largest absolute Gasteiger partial charge is 0.416 e. The van der Waals surface area contributed by atoms with Crippen LogP contribution in [0.25, 0.3) is 22.4 Å². The smallest absolute Gasteiger partial charge is 0.289 e. The van der Waals surface area contributed by atoms with E-state index in [1.807, 2.05) is 5.10 Å². The maximum atomic E-state index is 13.3. The second-order valence-electron chi connectivity index (χ2n) is 6.68. The molecule has 0 unspecified atom stereocenters. The molecule has 0 saturated carbocycles. The van der Waals surface area contributed by atoms with Crippen molar-refractivity contribution < 1.29 is 21.6 Å². The Bertz CT molecular complexity index is 1470. The van der Waals surface area contributed by atoms with Gasteiger partial charge in [-0.3, -0.25) is 14.4 Å². The van der Waals surface area contributed by atoms with Crippen LogP contribution in [-0.4, -0.2) is 38.4 Å². The molecule has 1 aromatic carbocycles. The summed E-state index contributed by atoms with van der Waals surface area (Å²) >= 11 is 0. The van der Waals surface area contributed by atoms with Crippen LogP contribution in [0.4, 0.5) is 18.9 Å². The first-order chi connectivity index (χ1) is 14.4. The van der Waals surface area contributed by atoms with E-state index < -0.39 is 27.5 Å². The minimum Gasteiger partial charge on any atom is -0.289 e. The number of rotatable bonds is 4. The van der Waals surface area contributed by atoms with Crippen LogP contribution >= 0.6 is 0 Å². The lowest BCUT2D eigenvalue weighted by Gasteiger charge is -2.13. The summed E-state index contributed by atoms with van der Waals surface area (Å²) in [6.07, 6.45) is -3.68. The van der Waals surface area contributed by atoms with E-state index in [1.54, 1.807) is 14.0 Å². The molecule has 4 aromatic rings. The van der Waals surface area contributed by atoms with Crippen molar-refractivity contribution in [1.82, 2.24) is 29.9 Å². The second-order valence-corrected chi connectivity index (χ2v) is 8.36. The molecule has 3 N–H and O–H groups in total. The number of alkyl halides is 3. The molecule has 0 saturated heterocycles. The maximum Gasteiger partial charge on any atom is 0.416 e. The first-order valence-corrected chi connectivity index (χ1v) is 10.1. The summed E-state index contributed by atoms with van der Waals surface area (Å²) in [7, 11) is -2.63. The highest BCUT2D eigenvalue weighted by atomic mass is 32.2. The Balaban J connectivity index is 1.78. The van der Waals surface area contributed by atoms with E-state index in [0.717, 1.165) is 18.3 Å². The number of fused-ring (bicyclic) bond motifs is 1. The van der Waals surface area contributed by atoms with Gasteiger partial charge in [0, 0.05) is 24.2 Å². The van der Waals surface area contributed by atoms with Gasteiger partial charge in [0.25, 0.3) is 10.0 Å². The number of aromatic nitrogens is 6. The zero-order valence-electron chi connectivity index (χ0n) is 15.9. The number of H-pyrrole nitrogens is 2. The van der Waals surface area contributed by atoms with E-state index in [-0.39, 0.29) is 22.0 Å². The van der Waals surface area contributed by atoms with E-state index in [9.17, 15) is 26.4 Å². The molecule has 0 bridgehead atoms. The number of sulfonamides is 1. The maximum absolute atomic E-state index is 13.3. The molecule has 0 fully saturated rings. The Labute approximate surface area is 172 Å². The van der Waals surface area contributed by atoms with Crippen molar-refractivity contribution >= 4 is 26.7 Å². The molecule has 14 heteroatoms. The third-order valence-electron chi connectivity index (χ3n) is 4.44. The fourth-order valence-corrected chi connectivity index (χ4v) is 4.05. The third kappa shape index (κ3) is 3.88. The van der Waals surface area contributed by atoms with Gasteiger partial charge in [0.15, 0.2) is 11.5 Å². The number of aryl methyl sites for hydroxylation is 2. The lowest BCUT2D eigenvalue weighted by molar-refractivity contribution is -0.137. The summed E-state index contributed by atoms with van der Waals surface area (Å²) in [6, 6.07) is 3.86. The van der Waals surface area contributed by atoms with Crippen LogP contribution in [0.15, 0.2) is 40.2 Å². The molecule has 0 amide bonds. The first kappa shape index (κ1) is 20.6. The normalized spacial score (nSPS) is 12.4. The molecule has 0 aliphatic carbocycles. The van der Waals surface area contributed by atoms with Crippen molar-refractivity contribution in [3.8, 4) is 11.4 Å². The van der Waals surface area contributed by atoms with Crippen LogP contribution in [0.2, 0.25) is 0 Å². The van der Waals surface area contributed by atoms with Crippen molar-refractivity contribution in [2.45, 2.75) is 18.0 Å². The van der Waals surface area contributed by atoms with Crippen LogP contribution in [0.5, 0.6) is 0 Å². The number of benzene rings is 1. The Hall–Kier alpha value is -3.68. The average molecular weight is 453 g/mol. The van der Waals surface area contributed by atoms with Crippen LogP contribution in [-0.2, 0) is 23.2 Å². The summed E-state index contributed by atoms with van der Waals surface area (Å²) in [5.41, 5.74) is -1.34. The predicted molar refractivity (Wildman–Crippen MR) is 104 cm³/mol. The number of hydrogen-bond acceptors (Lipinski definition) is 6. The summed E-state index contributed by atoms with van der Waals surface area (Å²) in [5.74, 6) is -0.175. The van der Waals surface area contributed by atoms with Gasteiger partial charge in [-0.15, -0.1) is 0 Å². The Morgan fingerprint density at radius 3 is 2.55 bits per heavy atom. The third-order valence-corrected chi connectivity index (χ3v) is 5.78. The van der Waals surface area contributed by atoms with Gasteiger partial charge >= 0.3 is 11.9 Å². The van der Waals surface area contributed by atoms with Gasteiger partial charge in [-0.2, -0.15) is 23.4 Å². The van der Waals surface area contributed by atoms with Gasteiger partial charge in [0.2, 0.25) is 0 Å². The van der Waals surface area contributed by atoms with Gasteiger partial charge in [0.1, 0.15) is 4.90 Å². The molecular weight excluding hydrogens is 439 g/mol. The Morgan fingerprint density at radius 1 is 1.16 bits per heavy atom. The van der Waals surface area contributed by atoms with Crippen LogP contribution in [0, 0.1) is 6.92 Å². The predicted octanol–water partition coefficient (Wildman–Crippen LogP) is 2.17. The molecule has 31 heavy (non-hydrogen) atoms. The van der Waals surface area contributed by atoms with Crippen molar-refractivity contribution in [2.24, 2.45) is 7.05 Å². The molecule has 0 aliphatic rings. The van der Waals surface area contributed by atoms with Gasteiger partial charge in [-0.25, -0.2) is 23.3 Å². The quantitative estimate of drug-likeness (QED) is 0.433. The number of aromatic amines is 2. The van der Waals surface area contributed by atoms with Crippen molar-refractivity contribution in [2.75, 3.05) is 4.72 Å². The minimum atomic E-state index is -4.76. The Kier molecular flexibility index (Phi) is 4.61. The number of halogens is 3. The van der Waals surface area contributed by atoms with Gasteiger partial charge in [-0.1, -0.05) is 0 Å². The molecule has 3 aromatic heterocycles. The Morgan fingerprint density at radius 2 is 1.90 bits per heavy atom. The minimum absolute atomic E-state index is 0.137. The van der Waals surface area contributed by atoms with Gasteiger partial charge < -0.3 is 0 Å². The monoisotopic (exact) mass is 453 g/mol. The molecule has 0 spiro atoms. The zero-order chi connectivity index (χ0) is 22.6. The number of pyridine rings is 1. The zero-order valence-corrected chi connectivity index (χ0v) is 16.8. The second kappa shape index (κ2) is 6.94. The molecule has 0 atom stereocenters. The van der Waals surface area contributed by atoms with Crippen LogP contribution in [0.1, 0.15) is 11.3 Å². The number of nitrogens with one attached hydrogen (secondary N) is 3. The summed E-state index contributed by atoms with van der Waals surface area (Å²) in [4.78, 5) is 17.3. The molecule has 0 radical (unpaired) electrons. The van der Waals surface area contributed by atoms with E-state index in [2.05, 4.69) is 24.9 Å².